The molecule has 0 bridgehead atoms. The molecule has 0 radical (unpaired) electrons. The summed E-state index contributed by atoms with van der Waals surface area (Å²) in [5.74, 6) is -0.431. The molecule has 1 atom stereocenters. The first kappa shape index (κ1) is 22.5. The van der Waals surface area contributed by atoms with Gasteiger partial charge < -0.3 is 5.32 Å². The number of fused-ring (bicyclic) bond motifs is 1. The highest BCUT2D eigenvalue weighted by Gasteiger charge is 2.42. The predicted molar refractivity (Wildman–Crippen MR) is 134 cm³/mol. The number of benzene rings is 3. The van der Waals surface area contributed by atoms with Crippen molar-refractivity contribution in [2.75, 3.05) is 18.4 Å². The van der Waals surface area contributed by atoms with E-state index < -0.39 is 0 Å². The van der Waals surface area contributed by atoms with Crippen LogP contribution in [-0.2, 0) is 13.0 Å². The van der Waals surface area contributed by atoms with Gasteiger partial charge in [-0.05, 0) is 85.4 Å². The zero-order valence-corrected chi connectivity index (χ0v) is 19.5. The van der Waals surface area contributed by atoms with Crippen LogP contribution in [0.15, 0.2) is 102 Å². The largest absolute Gasteiger partial charge is 0.356 e. The normalized spacial score (nSPS) is 20.6. The first-order valence-corrected chi connectivity index (χ1v) is 11.9. The summed E-state index contributed by atoms with van der Waals surface area (Å²) in [7, 11) is 0. The molecule has 1 N–H and O–H groups in total. The third kappa shape index (κ3) is 4.97. The molecular formula is C30H30F2N2. The van der Waals surface area contributed by atoms with E-state index >= 15 is 0 Å². The summed E-state index contributed by atoms with van der Waals surface area (Å²) in [6, 6.07) is 24.1. The Bertz CT molecular complexity index is 1200. The van der Waals surface area contributed by atoms with Gasteiger partial charge in [-0.2, -0.15) is 0 Å². The SMILES string of the molecule is CC1=C(Nc2ccc(F)cc2)C=C2CCN(Cc3ccccc3)CC2(Cc2ccc(F)cc2)C1. The van der Waals surface area contributed by atoms with Gasteiger partial charge in [-0.3, -0.25) is 4.90 Å². The maximum absolute atomic E-state index is 13.6. The van der Waals surface area contributed by atoms with Crippen molar-refractivity contribution in [2.45, 2.75) is 32.7 Å². The van der Waals surface area contributed by atoms with Gasteiger partial charge in [0.05, 0.1) is 0 Å². The molecule has 34 heavy (non-hydrogen) atoms. The van der Waals surface area contributed by atoms with Crippen LogP contribution in [0, 0.1) is 17.0 Å². The Labute approximate surface area is 200 Å². The molecule has 2 nitrogen and oxygen atoms in total. The number of nitrogens with zero attached hydrogens (tertiary/aromatic N) is 1. The third-order valence-electron chi connectivity index (χ3n) is 7.11. The fraction of sp³-hybridized carbons (Fsp3) is 0.267. The first-order valence-electron chi connectivity index (χ1n) is 11.9. The number of nitrogens with one attached hydrogen (secondary N) is 1. The van der Waals surface area contributed by atoms with Gasteiger partial charge in [-0.1, -0.05) is 48.0 Å². The van der Waals surface area contributed by atoms with Crippen molar-refractivity contribution in [2.24, 2.45) is 5.41 Å². The summed E-state index contributed by atoms with van der Waals surface area (Å²) in [5.41, 5.74) is 7.19. The highest BCUT2D eigenvalue weighted by molar-refractivity contribution is 5.54. The number of hydrogen-bond donors (Lipinski definition) is 1. The molecule has 3 aromatic carbocycles. The zero-order valence-electron chi connectivity index (χ0n) is 19.5. The van der Waals surface area contributed by atoms with Gasteiger partial charge in [-0.15, -0.1) is 0 Å². The van der Waals surface area contributed by atoms with Crippen molar-refractivity contribution in [3.63, 3.8) is 0 Å². The van der Waals surface area contributed by atoms with Crippen LogP contribution in [0.5, 0.6) is 0 Å². The van der Waals surface area contributed by atoms with Crippen LogP contribution in [0.4, 0.5) is 14.5 Å². The van der Waals surface area contributed by atoms with Crippen LogP contribution >= 0.6 is 0 Å². The van der Waals surface area contributed by atoms with Gasteiger partial charge in [0, 0.05) is 36.4 Å². The quantitative estimate of drug-likeness (QED) is 0.425. The van der Waals surface area contributed by atoms with Gasteiger partial charge in [0.25, 0.3) is 0 Å². The monoisotopic (exact) mass is 456 g/mol. The zero-order chi connectivity index (χ0) is 23.5. The Morgan fingerprint density at radius 1 is 0.853 bits per heavy atom. The van der Waals surface area contributed by atoms with E-state index in [2.05, 4.69) is 53.5 Å². The number of rotatable bonds is 6. The van der Waals surface area contributed by atoms with Crippen molar-refractivity contribution < 1.29 is 8.78 Å². The van der Waals surface area contributed by atoms with Crippen molar-refractivity contribution in [3.8, 4) is 0 Å². The summed E-state index contributed by atoms with van der Waals surface area (Å²) in [6.45, 7) is 5.09. The molecule has 1 fully saturated rings. The van der Waals surface area contributed by atoms with Crippen LogP contribution < -0.4 is 5.32 Å². The lowest BCUT2D eigenvalue weighted by Crippen LogP contribution is -2.47. The summed E-state index contributed by atoms with van der Waals surface area (Å²) in [4.78, 5) is 2.56. The van der Waals surface area contributed by atoms with E-state index in [1.807, 2.05) is 12.1 Å². The number of piperidine rings is 1. The molecule has 174 valence electrons. The second-order valence-corrected chi connectivity index (χ2v) is 9.70. The van der Waals surface area contributed by atoms with E-state index in [9.17, 15) is 8.78 Å². The minimum atomic E-state index is -0.234. The maximum atomic E-state index is 13.6. The molecule has 1 unspecified atom stereocenters. The van der Waals surface area contributed by atoms with Crippen LogP contribution in [0.25, 0.3) is 0 Å². The van der Waals surface area contributed by atoms with E-state index in [0.29, 0.717) is 0 Å². The van der Waals surface area contributed by atoms with Crippen LogP contribution in [0.1, 0.15) is 30.9 Å². The number of likely N-dealkylation sites (tertiary alicyclic amines) is 1. The molecule has 4 heteroatoms. The highest BCUT2D eigenvalue weighted by atomic mass is 19.1. The molecule has 1 aliphatic carbocycles. The Balaban J connectivity index is 1.43. The molecule has 3 aromatic rings. The minimum absolute atomic E-state index is 0.0249. The lowest BCUT2D eigenvalue weighted by molar-refractivity contribution is 0.130. The van der Waals surface area contributed by atoms with Crippen molar-refractivity contribution in [1.82, 2.24) is 4.90 Å². The lowest BCUT2D eigenvalue weighted by atomic mass is 9.65. The Morgan fingerprint density at radius 3 is 2.24 bits per heavy atom. The second kappa shape index (κ2) is 9.55. The summed E-state index contributed by atoms with van der Waals surface area (Å²) < 4.78 is 26.9. The van der Waals surface area contributed by atoms with E-state index in [1.165, 1.54) is 28.8 Å². The van der Waals surface area contributed by atoms with E-state index in [-0.39, 0.29) is 17.0 Å². The first-order chi connectivity index (χ1) is 16.5. The molecule has 0 saturated carbocycles. The van der Waals surface area contributed by atoms with Gasteiger partial charge in [0.1, 0.15) is 11.6 Å². The molecule has 1 aliphatic heterocycles. The standard InChI is InChI=1S/C30H30F2N2/c1-22-18-30(19-23-7-9-26(31)10-8-23)21-34(20-24-5-3-2-4-6-24)16-15-25(30)17-29(22)33-28-13-11-27(32)12-14-28/h2-14,17,33H,15-16,18-21H2,1H3. The molecule has 1 saturated heterocycles. The number of halogens is 2. The fourth-order valence-corrected chi connectivity index (χ4v) is 5.48. The highest BCUT2D eigenvalue weighted by Crippen LogP contribution is 2.47. The van der Waals surface area contributed by atoms with Crippen molar-refractivity contribution in [3.05, 3.63) is 125 Å². The Hall–Kier alpha value is -3.24. The molecule has 0 spiro atoms. The Kier molecular flexibility index (Phi) is 6.34. The lowest BCUT2D eigenvalue weighted by Gasteiger charge is -2.48. The smallest absolute Gasteiger partial charge is 0.123 e. The number of anilines is 1. The average Bonchev–Trinajstić information content (AvgIpc) is 2.83. The molecule has 2 aliphatic rings. The third-order valence-corrected chi connectivity index (χ3v) is 7.11. The molecular weight excluding hydrogens is 426 g/mol. The van der Waals surface area contributed by atoms with Crippen LogP contribution in [-0.4, -0.2) is 18.0 Å². The molecule has 1 heterocycles. The Morgan fingerprint density at radius 2 is 1.53 bits per heavy atom. The van der Waals surface area contributed by atoms with Gasteiger partial charge in [0.15, 0.2) is 0 Å². The van der Waals surface area contributed by atoms with Crippen molar-refractivity contribution in [1.29, 1.82) is 0 Å². The van der Waals surface area contributed by atoms with Crippen LogP contribution in [0.2, 0.25) is 0 Å². The number of allylic oxidation sites excluding steroid dienone is 2. The second-order valence-electron chi connectivity index (χ2n) is 9.70. The summed E-state index contributed by atoms with van der Waals surface area (Å²) in [6.07, 6.45) is 5.12. The summed E-state index contributed by atoms with van der Waals surface area (Å²) >= 11 is 0. The minimum Gasteiger partial charge on any atom is -0.356 e. The van der Waals surface area contributed by atoms with Gasteiger partial charge in [-0.25, -0.2) is 8.78 Å². The fourth-order valence-electron chi connectivity index (χ4n) is 5.48. The van der Waals surface area contributed by atoms with Crippen LogP contribution in [0.3, 0.4) is 0 Å². The maximum Gasteiger partial charge on any atom is 0.123 e. The number of hydrogen-bond acceptors (Lipinski definition) is 2. The van der Waals surface area contributed by atoms with Gasteiger partial charge in [0.2, 0.25) is 0 Å². The molecule has 5 rings (SSSR count). The van der Waals surface area contributed by atoms with E-state index in [1.54, 1.807) is 24.3 Å². The van der Waals surface area contributed by atoms with E-state index in [0.717, 1.165) is 55.8 Å². The summed E-state index contributed by atoms with van der Waals surface area (Å²) in [5, 5.41) is 3.50. The van der Waals surface area contributed by atoms with E-state index in [4.69, 9.17) is 0 Å². The predicted octanol–water partition coefficient (Wildman–Crippen LogP) is 7.12. The van der Waals surface area contributed by atoms with Gasteiger partial charge >= 0.3 is 0 Å². The molecule has 0 amide bonds. The average molecular weight is 457 g/mol. The van der Waals surface area contributed by atoms with Crippen molar-refractivity contribution >= 4 is 5.69 Å². The molecule has 0 aromatic heterocycles. The topological polar surface area (TPSA) is 15.3 Å².